The van der Waals surface area contributed by atoms with Crippen molar-refractivity contribution in [3.63, 3.8) is 0 Å². The second-order valence-corrected chi connectivity index (χ2v) is 10.8. The maximum absolute atomic E-state index is 15.0. The maximum atomic E-state index is 15.0. The molecular formula is C31H33F4N5O2. The largest absolute Gasteiger partial charge is 0.491 e. The Hall–Kier alpha value is -4.09. The van der Waals surface area contributed by atoms with Crippen LogP contribution in [0.25, 0.3) is 16.9 Å². The van der Waals surface area contributed by atoms with Gasteiger partial charge in [0.15, 0.2) is 6.35 Å². The van der Waals surface area contributed by atoms with Crippen LogP contribution in [0.1, 0.15) is 36.2 Å². The van der Waals surface area contributed by atoms with Crippen LogP contribution in [0.5, 0.6) is 5.75 Å². The lowest BCUT2D eigenvalue weighted by Crippen LogP contribution is -2.31. The fraction of sp³-hybridized carbons (Fsp3) is 0.323. The van der Waals surface area contributed by atoms with Crippen molar-refractivity contribution in [1.82, 2.24) is 9.78 Å². The van der Waals surface area contributed by atoms with Gasteiger partial charge in [-0.2, -0.15) is 18.3 Å². The molecule has 42 heavy (non-hydrogen) atoms. The quantitative estimate of drug-likeness (QED) is 0.168. The van der Waals surface area contributed by atoms with Crippen molar-refractivity contribution in [1.29, 1.82) is 0 Å². The topological polar surface area (TPSA) is 88.6 Å². The molecule has 0 radical (unpaired) electrons. The standard InChI is InChI=1S/C31H33F4N5O2/c1-18(2)17-42-27-6-4-5-19(3)28(27)40-29(20-7-10-22(11-8-20)37-30(36)41)23-16-39(14-13-25(23)38-40)26-12-9-21(15-24(26)32)31(33,34)35/h4-12,15,18,30,37,41H,13-14,16-17,36H2,1-3H3. The van der Waals surface area contributed by atoms with Crippen LogP contribution in [0.4, 0.5) is 28.9 Å². The zero-order valence-corrected chi connectivity index (χ0v) is 23.5. The van der Waals surface area contributed by atoms with Crippen LogP contribution < -0.4 is 20.7 Å². The molecule has 1 aliphatic rings. The second-order valence-electron chi connectivity index (χ2n) is 10.8. The lowest BCUT2D eigenvalue weighted by Gasteiger charge is -2.29. The van der Waals surface area contributed by atoms with Crippen LogP contribution in [0.3, 0.4) is 0 Å². The number of hydrogen-bond acceptors (Lipinski definition) is 6. The summed E-state index contributed by atoms with van der Waals surface area (Å²) in [5, 5.41) is 17.3. The first-order valence-electron chi connectivity index (χ1n) is 13.7. The number of benzene rings is 3. The minimum Gasteiger partial charge on any atom is -0.491 e. The van der Waals surface area contributed by atoms with E-state index in [2.05, 4.69) is 19.2 Å². The molecule has 4 aromatic rings. The lowest BCUT2D eigenvalue weighted by atomic mass is 9.99. The third kappa shape index (κ3) is 6.07. The third-order valence-corrected chi connectivity index (χ3v) is 7.11. The van der Waals surface area contributed by atoms with Crippen molar-refractivity contribution in [2.45, 2.75) is 46.3 Å². The summed E-state index contributed by atoms with van der Waals surface area (Å²) >= 11 is 0. The number of aliphatic hydroxyl groups excluding tert-OH is 1. The van der Waals surface area contributed by atoms with Gasteiger partial charge in [-0.1, -0.05) is 38.1 Å². The molecule has 3 aromatic carbocycles. The van der Waals surface area contributed by atoms with E-state index in [9.17, 15) is 18.3 Å². The van der Waals surface area contributed by atoms with E-state index >= 15 is 4.39 Å². The van der Waals surface area contributed by atoms with Crippen molar-refractivity contribution in [2.75, 3.05) is 23.4 Å². The number of hydrogen-bond donors (Lipinski definition) is 3. The van der Waals surface area contributed by atoms with Gasteiger partial charge in [0.25, 0.3) is 0 Å². The van der Waals surface area contributed by atoms with E-state index in [1.54, 1.807) is 17.0 Å². The van der Waals surface area contributed by atoms with Crippen molar-refractivity contribution >= 4 is 11.4 Å². The number of ether oxygens (including phenoxy) is 1. The van der Waals surface area contributed by atoms with Gasteiger partial charge in [0.1, 0.15) is 17.3 Å². The van der Waals surface area contributed by atoms with Crippen LogP contribution >= 0.6 is 0 Å². The molecule has 1 aromatic heterocycles. The predicted molar refractivity (Wildman–Crippen MR) is 154 cm³/mol. The average Bonchev–Trinajstić information content (AvgIpc) is 3.29. The van der Waals surface area contributed by atoms with Gasteiger partial charge in [0, 0.05) is 36.3 Å². The molecule has 0 aliphatic carbocycles. The molecule has 0 fully saturated rings. The molecule has 7 nitrogen and oxygen atoms in total. The maximum Gasteiger partial charge on any atom is 0.416 e. The van der Waals surface area contributed by atoms with Gasteiger partial charge in [-0.25, -0.2) is 9.07 Å². The number of aromatic nitrogens is 2. The van der Waals surface area contributed by atoms with Crippen molar-refractivity contribution in [2.24, 2.45) is 11.7 Å². The highest BCUT2D eigenvalue weighted by atomic mass is 19.4. The highest BCUT2D eigenvalue weighted by molar-refractivity contribution is 5.72. The Kier molecular flexibility index (Phi) is 8.16. The number of nitrogens with two attached hydrogens (primary N) is 1. The zero-order chi connectivity index (χ0) is 30.2. The Morgan fingerprint density at radius 2 is 1.83 bits per heavy atom. The van der Waals surface area contributed by atoms with Gasteiger partial charge < -0.3 is 20.1 Å². The summed E-state index contributed by atoms with van der Waals surface area (Å²) < 4.78 is 62.6. The van der Waals surface area contributed by atoms with Gasteiger partial charge in [-0.3, -0.25) is 5.73 Å². The molecule has 222 valence electrons. The number of aliphatic hydroxyl groups is 1. The number of aryl methyl sites for hydroxylation is 1. The zero-order valence-electron chi connectivity index (χ0n) is 23.5. The molecule has 11 heteroatoms. The number of halogens is 4. The van der Waals surface area contributed by atoms with Gasteiger partial charge in [0.2, 0.25) is 0 Å². The molecule has 0 bridgehead atoms. The molecule has 0 saturated carbocycles. The van der Waals surface area contributed by atoms with E-state index in [1.165, 1.54) is 6.07 Å². The number of rotatable bonds is 8. The number of fused-ring (bicyclic) bond motifs is 1. The van der Waals surface area contributed by atoms with Gasteiger partial charge in [-0.05, 0) is 54.8 Å². The van der Waals surface area contributed by atoms with Crippen molar-refractivity contribution in [3.8, 4) is 22.7 Å². The highest BCUT2D eigenvalue weighted by Crippen LogP contribution is 2.39. The number of anilines is 2. The van der Waals surface area contributed by atoms with E-state index in [-0.39, 0.29) is 12.2 Å². The Bertz CT molecular complexity index is 1570. The summed E-state index contributed by atoms with van der Waals surface area (Å²) in [6.45, 7) is 7.24. The summed E-state index contributed by atoms with van der Waals surface area (Å²) in [6, 6.07) is 15.7. The first kappa shape index (κ1) is 29.4. The lowest BCUT2D eigenvalue weighted by molar-refractivity contribution is -0.137. The van der Waals surface area contributed by atoms with Gasteiger partial charge in [0.05, 0.1) is 29.2 Å². The van der Waals surface area contributed by atoms with Crippen LogP contribution in [-0.2, 0) is 19.1 Å². The molecule has 4 N–H and O–H groups in total. The summed E-state index contributed by atoms with van der Waals surface area (Å²) in [5.41, 5.74) is 10.1. The van der Waals surface area contributed by atoms with E-state index in [0.29, 0.717) is 43.0 Å². The number of nitrogens with zero attached hydrogens (tertiary/aromatic N) is 3. The molecule has 0 amide bonds. The molecule has 5 rings (SSSR count). The molecule has 1 atom stereocenters. The monoisotopic (exact) mass is 583 g/mol. The second kappa shape index (κ2) is 11.7. The van der Waals surface area contributed by atoms with E-state index in [1.807, 2.05) is 41.9 Å². The Morgan fingerprint density at radius 3 is 2.48 bits per heavy atom. The Labute approximate surface area is 241 Å². The summed E-state index contributed by atoms with van der Waals surface area (Å²) in [7, 11) is 0. The molecule has 0 saturated heterocycles. The fourth-order valence-corrected chi connectivity index (χ4v) is 5.15. The van der Waals surface area contributed by atoms with Crippen LogP contribution in [0.2, 0.25) is 0 Å². The Morgan fingerprint density at radius 1 is 1.10 bits per heavy atom. The van der Waals surface area contributed by atoms with Crippen LogP contribution in [0, 0.1) is 18.7 Å². The SMILES string of the molecule is Cc1cccc(OCC(C)C)c1-n1nc2c(c1-c1ccc(NC(N)O)cc1)CN(c1ccc(C(F)(F)F)cc1F)CC2. The summed E-state index contributed by atoms with van der Waals surface area (Å²) in [4.78, 5) is 1.74. The molecule has 0 spiro atoms. The molecule has 2 heterocycles. The van der Waals surface area contributed by atoms with Gasteiger partial charge in [-0.15, -0.1) is 0 Å². The average molecular weight is 584 g/mol. The fourth-order valence-electron chi connectivity index (χ4n) is 5.15. The smallest absolute Gasteiger partial charge is 0.416 e. The van der Waals surface area contributed by atoms with Crippen molar-refractivity contribution < 1.29 is 27.4 Å². The van der Waals surface area contributed by atoms with E-state index in [0.717, 1.165) is 39.8 Å². The predicted octanol–water partition coefficient (Wildman–Crippen LogP) is 6.25. The number of alkyl halides is 3. The minimum atomic E-state index is -4.63. The first-order valence-corrected chi connectivity index (χ1v) is 13.7. The number of nitrogens with one attached hydrogen (secondary N) is 1. The molecule has 1 unspecified atom stereocenters. The van der Waals surface area contributed by atoms with Gasteiger partial charge >= 0.3 is 6.18 Å². The highest BCUT2D eigenvalue weighted by Gasteiger charge is 2.33. The molecular weight excluding hydrogens is 550 g/mol. The van der Waals surface area contributed by atoms with E-state index < -0.39 is 23.9 Å². The first-order chi connectivity index (χ1) is 19.9. The Balaban J connectivity index is 1.62. The van der Waals surface area contributed by atoms with Crippen molar-refractivity contribution in [3.05, 3.63) is 88.9 Å². The third-order valence-electron chi connectivity index (χ3n) is 7.11. The summed E-state index contributed by atoms with van der Waals surface area (Å²) in [5.74, 6) is 0.0371. The van der Waals surface area contributed by atoms with E-state index in [4.69, 9.17) is 15.6 Å². The molecule has 1 aliphatic heterocycles. The minimum absolute atomic E-state index is 0.0979. The number of para-hydroxylation sites is 1. The normalized spacial score (nSPS) is 14.2. The van der Waals surface area contributed by atoms with Crippen LogP contribution in [0.15, 0.2) is 60.7 Å². The summed E-state index contributed by atoms with van der Waals surface area (Å²) in [6.07, 6.45) is -5.40. The van der Waals surface area contributed by atoms with Crippen LogP contribution in [-0.4, -0.2) is 34.4 Å².